The van der Waals surface area contributed by atoms with Crippen LogP contribution in [-0.4, -0.2) is 27.1 Å². The Bertz CT molecular complexity index is 367. The standard InChI is InChI=1S/C18H30O4/c1-2-3-4-5-6-7-8-9-10-11-12-13-14-15-16-18(21,22)17(19)20/h3-4,6-7,9-10,21-22H,2,5,8,11-16H2,1H3,(H,19,20)/b4-3-,7-6-,10-9-. The van der Waals surface area contributed by atoms with Crippen LogP contribution in [0.2, 0.25) is 0 Å². The number of aliphatic carboxylic acids is 1. The van der Waals surface area contributed by atoms with Crippen LogP contribution in [0.4, 0.5) is 0 Å². The van der Waals surface area contributed by atoms with E-state index in [0.717, 1.165) is 44.9 Å². The Balaban J connectivity index is 3.44. The van der Waals surface area contributed by atoms with Crippen molar-refractivity contribution in [3.63, 3.8) is 0 Å². The smallest absolute Gasteiger partial charge is 0.364 e. The minimum absolute atomic E-state index is 0.116. The van der Waals surface area contributed by atoms with E-state index in [2.05, 4.69) is 43.4 Å². The van der Waals surface area contributed by atoms with Crippen molar-refractivity contribution >= 4 is 5.97 Å². The summed E-state index contributed by atoms with van der Waals surface area (Å²) in [5.74, 6) is -4.15. The Morgan fingerprint density at radius 2 is 1.41 bits per heavy atom. The van der Waals surface area contributed by atoms with Crippen molar-refractivity contribution in [3.05, 3.63) is 36.5 Å². The monoisotopic (exact) mass is 310 g/mol. The molecule has 0 heterocycles. The maximum absolute atomic E-state index is 10.5. The van der Waals surface area contributed by atoms with Crippen LogP contribution < -0.4 is 0 Å². The molecule has 4 nitrogen and oxygen atoms in total. The molecule has 4 heteroatoms. The van der Waals surface area contributed by atoms with Gasteiger partial charge in [0.25, 0.3) is 5.79 Å². The van der Waals surface area contributed by atoms with Crippen molar-refractivity contribution in [1.82, 2.24) is 0 Å². The second-order valence-corrected chi connectivity index (χ2v) is 5.37. The summed E-state index contributed by atoms with van der Waals surface area (Å²) >= 11 is 0. The number of allylic oxidation sites excluding steroid dienone is 6. The Morgan fingerprint density at radius 1 is 0.864 bits per heavy atom. The molecule has 0 aromatic carbocycles. The van der Waals surface area contributed by atoms with Crippen LogP contribution in [0.1, 0.15) is 64.7 Å². The van der Waals surface area contributed by atoms with Gasteiger partial charge in [-0.3, -0.25) is 0 Å². The molecule has 0 amide bonds. The Hall–Kier alpha value is -1.39. The average Bonchev–Trinajstić information content (AvgIpc) is 2.47. The van der Waals surface area contributed by atoms with Gasteiger partial charge in [-0.25, -0.2) is 4.79 Å². The van der Waals surface area contributed by atoms with E-state index in [1.54, 1.807) is 0 Å². The van der Waals surface area contributed by atoms with Gasteiger partial charge in [0, 0.05) is 6.42 Å². The van der Waals surface area contributed by atoms with Crippen molar-refractivity contribution in [2.24, 2.45) is 0 Å². The number of carboxylic acid groups (broad SMARTS) is 1. The SMILES string of the molecule is CC/C=C\C/C=C\C/C=C\CCCCCCC(O)(O)C(=O)O. The summed E-state index contributed by atoms with van der Waals surface area (Å²) < 4.78 is 0. The van der Waals surface area contributed by atoms with Gasteiger partial charge in [0.05, 0.1) is 0 Å². The molecule has 22 heavy (non-hydrogen) atoms. The van der Waals surface area contributed by atoms with E-state index in [1.807, 2.05) is 0 Å². The van der Waals surface area contributed by atoms with Crippen LogP contribution in [0.5, 0.6) is 0 Å². The molecule has 0 aromatic rings. The number of aliphatic hydroxyl groups is 2. The van der Waals surface area contributed by atoms with Gasteiger partial charge in [-0.05, 0) is 38.5 Å². The Morgan fingerprint density at radius 3 is 2.00 bits per heavy atom. The van der Waals surface area contributed by atoms with E-state index in [-0.39, 0.29) is 6.42 Å². The lowest BCUT2D eigenvalue weighted by atomic mass is 10.1. The number of hydrogen-bond donors (Lipinski definition) is 3. The molecular weight excluding hydrogens is 280 g/mol. The van der Waals surface area contributed by atoms with Gasteiger partial charge in [0.2, 0.25) is 0 Å². The van der Waals surface area contributed by atoms with Crippen LogP contribution in [0.3, 0.4) is 0 Å². The topological polar surface area (TPSA) is 77.8 Å². The number of unbranched alkanes of at least 4 members (excludes halogenated alkanes) is 4. The fraction of sp³-hybridized carbons (Fsp3) is 0.611. The molecule has 0 saturated heterocycles. The minimum atomic E-state index is -2.57. The summed E-state index contributed by atoms with van der Waals surface area (Å²) in [5, 5.41) is 26.8. The quantitative estimate of drug-likeness (QED) is 0.273. The molecule has 0 aromatic heterocycles. The van der Waals surface area contributed by atoms with Crippen LogP contribution in [-0.2, 0) is 4.79 Å². The lowest BCUT2D eigenvalue weighted by molar-refractivity contribution is -0.205. The first kappa shape index (κ1) is 20.6. The number of carboxylic acids is 1. The lowest BCUT2D eigenvalue weighted by Crippen LogP contribution is -2.37. The van der Waals surface area contributed by atoms with Crippen LogP contribution >= 0.6 is 0 Å². The molecule has 0 radical (unpaired) electrons. The zero-order valence-corrected chi connectivity index (χ0v) is 13.6. The summed E-state index contributed by atoms with van der Waals surface area (Å²) in [7, 11) is 0. The highest BCUT2D eigenvalue weighted by atomic mass is 16.5. The maximum atomic E-state index is 10.5. The van der Waals surface area contributed by atoms with Gasteiger partial charge in [0.1, 0.15) is 0 Å². The number of rotatable bonds is 13. The van der Waals surface area contributed by atoms with Crippen molar-refractivity contribution in [1.29, 1.82) is 0 Å². The zero-order chi connectivity index (χ0) is 16.7. The first-order chi connectivity index (χ1) is 10.5. The summed E-state index contributed by atoms with van der Waals surface area (Å²) in [5.41, 5.74) is 0. The molecule has 0 rings (SSSR count). The highest BCUT2D eigenvalue weighted by molar-refractivity contribution is 5.74. The molecule has 0 aliphatic carbocycles. The fourth-order valence-electron chi connectivity index (χ4n) is 1.92. The van der Waals surface area contributed by atoms with E-state index >= 15 is 0 Å². The minimum Gasteiger partial charge on any atom is -0.477 e. The largest absolute Gasteiger partial charge is 0.477 e. The maximum Gasteiger partial charge on any atom is 0.364 e. The highest BCUT2D eigenvalue weighted by Gasteiger charge is 2.31. The number of hydrogen-bond acceptors (Lipinski definition) is 3. The Labute approximate surface area is 133 Å². The average molecular weight is 310 g/mol. The predicted molar refractivity (Wildman–Crippen MR) is 89.5 cm³/mol. The molecule has 0 unspecified atom stereocenters. The van der Waals surface area contributed by atoms with Gasteiger partial charge < -0.3 is 15.3 Å². The third kappa shape index (κ3) is 12.4. The molecule has 0 aliphatic heterocycles. The Kier molecular flexibility index (Phi) is 12.4. The molecular formula is C18H30O4. The third-order valence-corrected chi connectivity index (χ3v) is 3.27. The van der Waals surface area contributed by atoms with Crippen molar-refractivity contribution < 1.29 is 20.1 Å². The van der Waals surface area contributed by atoms with Crippen molar-refractivity contribution in [3.8, 4) is 0 Å². The van der Waals surface area contributed by atoms with Gasteiger partial charge in [-0.15, -0.1) is 0 Å². The van der Waals surface area contributed by atoms with Gasteiger partial charge in [0.15, 0.2) is 0 Å². The first-order valence-corrected chi connectivity index (χ1v) is 8.14. The second-order valence-electron chi connectivity index (χ2n) is 5.37. The molecule has 3 N–H and O–H groups in total. The van der Waals surface area contributed by atoms with E-state index < -0.39 is 11.8 Å². The summed E-state index contributed by atoms with van der Waals surface area (Å²) in [6.45, 7) is 2.12. The number of carbonyl (C=O) groups is 1. The summed E-state index contributed by atoms with van der Waals surface area (Å²) in [6, 6.07) is 0. The first-order valence-electron chi connectivity index (χ1n) is 8.14. The molecule has 0 atom stereocenters. The van der Waals surface area contributed by atoms with Crippen molar-refractivity contribution in [2.45, 2.75) is 70.5 Å². The molecule has 126 valence electrons. The normalized spacial score (nSPS) is 12.9. The molecule has 0 fully saturated rings. The van der Waals surface area contributed by atoms with E-state index in [1.165, 1.54) is 0 Å². The fourth-order valence-corrected chi connectivity index (χ4v) is 1.92. The molecule has 0 spiro atoms. The zero-order valence-electron chi connectivity index (χ0n) is 13.6. The van der Waals surface area contributed by atoms with E-state index in [4.69, 9.17) is 15.3 Å². The second kappa shape index (κ2) is 13.3. The molecule has 0 aliphatic rings. The summed E-state index contributed by atoms with van der Waals surface area (Å²) in [4.78, 5) is 10.5. The van der Waals surface area contributed by atoms with Crippen molar-refractivity contribution in [2.75, 3.05) is 0 Å². The highest BCUT2D eigenvalue weighted by Crippen LogP contribution is 2.13. The molecule has 0 bridgehead atoms. The van der Waals surface area contributed by atoms with Crippen LogP contribution in [0.15, 0.2) is 36.5 Å². The van der Waals surface area contributed by atoms with Gasteiger partial charge >= 0.3 is 5.97 Å². The van der Waals surface area contributed by atoms with Gasteiger partial charge in [-0.2, -0.15) is 0 Å². The lowest BCUT2D eigenvalue weighted by Gasteiger charge is -2.15. The van der Waals surface area contributed by atoms with E-state index in [0.29, 0.717) is 6.42 Å². The molecule has 0 saturated carbocycles. The predicted octanol–water partition coefficient (Wildman–Crippen LogP) is 3.95. The van der Waals surface area contributed by atoms with Gasteiger partial charge in [-0.1, -0.05) is 56.2 Å². The summed E-state index contributed by atoms with van der Waals surface area (Å²) in [6.07, 6.45) is 20.2. The van der Waals surface area contributed by atoms with Crippen LogP contribution in [0, 0.1) is 0 Å². The van der Waals surface area contributed by atoms with E-state index in [9.17, 15) is 4.79 Å². The third-order valence-electron chi connectivity index (χ3n) is 3.27. The van der Waals surface area contributed by atoms with Crippen LogP contribution in [0.25, 0.3) is 0 Å².